The number of hydrogen-bond donors (Lipinski definition) is 2. The van der Waals surface area contributed by atoms with Crippen LogP contribution in [-0.4, -0.2) is 46.4 Å². The van der Waals surface area contributed by atoms with Crippen LogP contribution >= 0.6 is 34.8 Å². The van der Waals surface area contributed by atoms with Crippen LogP contribution in [0.4, 0.5) is 17.6 Å². The summed E-state index contributed by atoms with van der Waals surface area (Å²) in [6.07, 6.45) is -8.99. The van der Waals surface area contributed by atoms with Crippen molar-refractivity contribution in [3.8, 4) is 16.9 Å². The molecule has 2 N–H and O–H groups in total. The van der Waals surface area contributed by atoms with Gasteiger partial charge in [0.05, 0.1) is 29.5 Å². The quantitative estimate of drug-likeness (QED) is 0.293. The molecule has 2 aromatic carbocycles. The molecule has 0 spiro atoms. The summed E-state index contributed by atoms with van der Waals surface area (Å²) in [4.78, 5) is 17.6. The number of benzene rings is 2. The Labute approximate surface area is 227 Å². The van der Waals surface area contributed by atoms with Crippen molar-refractivity contribution in [2.24, 2.45) is 0 Å². The Bertz CT molecular complexity index is 1530. The van der Waals surface area contributed by atoms with Crippen LogP contribution in [0.25, 0.3) is 16.9 Å². The topological polar surface area (TPSA) is 98.1 Å². The second-order valence-corrected chi connectivity index (χ2v) is 9.46. The summed E-state index contributed by atoms with van der Waals surface area (Å²) in [7, 11) is 0. The van der Waals surface area contributed by atoms with Crippen molar-refractivity contribution in [3.63, 3.8) is 0 Å². The second kappa shape index (κ2) is 10.7. The number of aliphatic hydroxyl groups is 2. The van der Waals surface area contributed by atoms with Gasteiger partial charge in [0.1, 0.15) is 17.1 Å². The lowest BCUT2D eigenvalue weighted by atomic mass is 10.1. The van der Waals surface area contributed by atoms with Crippen LogP contribution in [0.15, 0.2) is 47.3 Å². The zero-order chi connectivity index (χ0) is 27.9. The van der Waals surface area contributed by atoms with Gasteiger partial charge >= 0.3 is 11.9 Å². The lowest BCUT2D eigenvalue weighted by Crippen LogP contribution is -2.37. The second-order valence-electron chi connectivity index (χ2n) is 8.26. The molecule has 38 heavy (non-hydrogen) atoms. The number of aliphatic hydroxyl groups excluding tert-OH is 2. The monoisotopic (exact) mass is 593 g/mol. The summed E-state index contributed by atoms with van der Waals surface area (Å²) >= 11 is 18.4. The first-order valence-electron chi connectivity index (χ1n) is 10.9. The lowest BCUT2D eigenvalue weighted by Gasteiger charge is -2.16. The molecule has 2 heterocycles. The number of halogens is 7. The molecule has 15 heteroatoms. The Morgan fingerprint density at radius 2 is 1.68 bits per heavy atom. The number of alkyl halides is 3. The Morgan fingerprint density at radius 1 is 1.03 bits per heavy atom. The van der Waals surface area contributed by atoms with E-state index in [1.165, 1.54) is 48.0 Å². The number of imidazole rings is 1. The number of rotatable bonds is 7. The van der Waals surface area contributed by atoms with Crippen molar-refractivity contribution in [1.82, 2.24) is 23.9 Å². The molecule has 0 aliphatic carbocycles. The molecule has 4 aromatic rings. The molecule has 2 atom stereocenters. The van der Waals surface area contributed by atoms with Crippen molar-refractivity contribution in [2.45, 2.75) is 38.4 Å². The highest BCUT2D eigenvalue weighted by Gasteiger charge is 2.39. The van der Waals surface area contributed by atoms with Crippen LogP contribution in [0.2, 0.25) is 15.2 Å². The molecule has 8 nitrogen and oxygen atoms in total. The van der Waals surface area contributed by atoms with Gasteiger partial charge in [-0.3, -0.25) is 9.13 Å². The molecule has 0 saturated heterocycles. The minimum absolute atomic E-state index is 0.0313. The van der Waals surface area contributed by atoms with Gasteiger partial charge in [-0.1, -0.05) is 46.9 Å². The Balaban J connectivity index is 1.88. The summed E-state index contributed by atoms with van der Waals surface area (Å²) in [5.74, 6) is -0.710. The number of hydrogen-bond acceptors (Lipinski definition) is 5. The van der Waals surface area contributed by atoms with Crippen LogP contribution in [0.3, 0.4) is 0 Å². The van der Waals surface area contributed by atoms with E-state index in [0.29, 0.717) is 9.59 Å². The van der Waals surface area contributed by atoms with Gasteiger partial charge in [-0.2, -0.15) is 13.2 Å². The number of aromatic nitrogens is 5. The highest BCUT2D eigenvalue weighted by molar-refractivity contribution is 6.32. The SMILES string of the molecule is C[C@H](O)c1nc(Cn2c(Cl)c(-c3ccc(Cl)cc3)n(C[C@H](O)C(F)(F)F)c2=O)n(-c2ccc(F)c(Cl)c2)n1. The van der Waals surface area contributed by atoms with E-state index >= 15 is 0 Å². The number of nitrogens with zero attached hydrogens (tertiary/aromatic N) is 5. The summed E-state index contributed by atoms with van der Waals surface area (Å²) in [6.45, 7) is -0.151. The summed E-state index contributed by atoms with van der Waals surface area (Å²) in [6, 6.07) is 9.50. The average molecular weight is 595 g/mol. The highest BCUT2D eigenvalue weighted by atomic mass is 35.5. The lowest BCUT2D eigenvalue weighted by molar-refractivity contribution is -0.207. The van der Waals surface area contributed by atoms with E-state index in [1.54, 1.807) is 0 Å². The molecule has 0 bridgehead atoms. The van der Waals surface area contributed by atoms with E-state index in [-0.39, 0.29) is 38.8 Å². The Hall–Kier alpha value is -2.90. The van der Waals surface area contributed by atoms with Crippen LogP contribution in [0.1, 0.15) is 24.7 Å². The van der Waals surface area contributed by atoms with Crippen LogP contribution in [0.5, 0.6) is 0 Å². The molecule has 0 unspecified atom stereocenters. The summed E-state index contributed by atoms with van der Waals surface area (Å²) in [5.41, 5.74) is -0.572. The molecule has 4 rings (SSSR count). The molecule has 0 fully saturated rings. The van der Waals surface area contributed by atoms with Crippen molar-refractivity contribution in [1.29, 1.82) is 0 Å². The largest absolute Gasteiger partial charge is 0.416 e. The van der Waals surface area contributed by atoms with Crippen molar-refractivity contribution in [2.75, 3.05) is 0 Å². The fourth-order valence-corrected chi connectivity index (χ4v) is 4.28. The van der Waals surface area contributed by atoms with Crippen LogP contribution in [0, 0.1) is 5.82 Å². The molecule has 0 aliphatic rings. The first-order chi connectivity index (χ1) is 17.8. The minimum atomic E-state index is -5.00. The van der Waals surface area contributed by atoms with E-state index in [1.807, 2.05) is 0 Å². The molecular formula is C23H18Cl3F4N5O3. The molecule has 202 valence electrons. The fourth-order valence-electron chi connectivity index (χ4n) is 3.64. The first-order valence-corrected chi connectivity index (χ1v) is 12.0. The molecule has 0 amide bonds. The van der Waals surface area contributed by atoms with Gasteiger partial charge in [0.15, 0.2) is 17.8 Å². The van der Waals surface area contributed by atoms with Gasteiger partial charge in [-0.15, -0.1) is 5.10 Å². The maximum atomic E-state index is 13.7. The highest BCUT2D eigenvalue weighted by Crippen LogP contribution is 2.31. The molecule has 0 saturated carbocycles. The minimum Gasteiger partial charge on any atom is -0.385 e. The maximum absolute atomic E-state index is 13.7. The van der Waals surface area contributed by atoms with Gasteiger partial charge in [0.25, 0.3) is 0 Å². The standard InChI is InChI=1S/C23H18Cl3F4N5O3/c1-11(36)21-31-18(35(32-21)14-6-7-16(27)15(25)8-14)10-34-20(26)19(12-2-4-13(24)5-3-12)33(22(34)38)9-17(37)23(28,29)30/h2-8,11,17,36-37H,9-10H2,1H3/t11-,17-/m0/s1. The Kier molecular flexibility index (Phi) is 7.91. The van der Waals surface area contributed by atoms with Gasteiger partial charge in [0.2, 0.25) is 0 Å². The van der Waals surface area contributed by atoms with Crippen molar-refractivity contribution in [3.05, 3.63) is 85.6 Å². The van der Waals surface area contributed by atoms with Gasteiger partial charge in [-0.25, -0.2) is 18.9 Å². The van der Waals surface area contributed by atoms with Crippen molar-refractivity contribution >= 4 is 34.8 Å². The average Bonchev–Trinajstić information content (AvgIpc) is 3.36. The summed E-state index contributed by atoms with van der Waals surface area (Å²) in [5, 5.41) is 23.8. The van der Waals surface area contributed by atoms with E-state index in [0.717, 1.165) is 10.6 Å². The predicted molar refractivity (Wildman–Crippen MR) is 132 cm³/mol. The van der Waals surface area contributed by atoms with Gasteiger partial charge in [0, 0.05) is 10.6 Å². The van der Waals surface area contributed by atoms with E-state index in [4.69, 9.17) is 34.8 Å². The summed E-state index contributed by atoms with van der Waals surface area (Å²) < 4.78 is 56.1. The van der Waals surface area contributed by atoms with Crippen LogP contribution < -0.4 is 5.69 Å². The third-order valence-corrected chi connectivity index (χ3v) is 6.45. The van der Waals surface area contributed by atoms with Crippen molar-refractivity contribution < 1.29 is 27.8 Å². The van der Waals surface area contributed by atoms with Crippen LogP contribution in [-0.2, 0) is 13.1 Å². The van der Waals surface area contributed by atoms with Gasteiger partial charge in [-0.05, 0) is 37.3 Å². The fraction of sp³-hybridized carbons (Fsp3) is 0.261. The smallest absolute Gasteiger partial charge is 0.385 e. The van der Waals surface area contributed by atoms with E-state index < -0.39 is 43.0 Å². The zero-order valence-electron chi connectivity index (χ0n) is 19.3. The van der Waals surface area contributed by atoms with E-state index in [9.17, 15) is 32.6 Å². The normalized spacial score (nSPS) is 13.6. The molecular weight excluding hydrogens is 577 g/mol. The third kappa shape index (κ3) is 5.59. The maximum Gasteiger partial charge on any atom is 0.416 e. The zero-order valence-corrected chi connectivity index (χ0v) is 21.6. The third-order valence-electron chi connectivity index (χ3n) is 5.53. The Morgan fingerprint density at radius 3 is 2.26 bits per heavy atom. The predicted octanol–water partition coefficient (Wildman–Crippen LogP) is 5.02. The van der Waals surface area contributed by atoms with E-state index in [2.05, 4.69) is 10.1 Å². The molecule has 0 aliphatic heterocycles. The van der Waals surface area contributed by atoms with Gasteiger partial charge < -0.3 is 10.2 Å². The molecule has 2 aromatic heterocycles. The molecule has 0 radical (unpaired) electrons. The first kappa shape index (κ1) is 28.1.